The summed E-state index contributed by atoms with van der Waals surface area (Å²) >= 11 is 1.61. The summed E-state index contributed by atoms with van der Waals surface area (Å²) in [5.74, 6) is -0.954. The largest absolute Gasteiger partial charge is 0.598 e. The summed E-state index contributed by atoms with van der Waals surface area (Å²) in [5, 5.41) is 10.5. The fraction of sp³-hybridized carbons (Fsp3) is 0.750. The van der Waals surface area contributed by atoms with Gasteiger partial charge >= 0.3 is 0 Å². The summed E-state index contributed by atoms with van der Waals surface area (Å²) in [6, 6.07) is 6.34. The molecule has 3 N–H and O–H groups in total. The minimum atomic E-state index is -2.99. The van der Waals surface area contributed by atoms with E-state index in [9.17, 15) is 14.4 Å². The lowest BCUT2D eigenvalue weighted by molar-refractivity contribution is 0.288. The topological polar surface area (TPSA) is 104 Å². The summed E-state index contributed by atoms with van der Waals surface area (Å²) in [4.78, 5) is 4.42. The number of nitriles is 1. The molecule has 0 aromatic carbocycles. The van der Waals surface area contributed by atoms with E-state index in [2.05, 4.69) is 57.2 Å². The van der Waals surface area contributed by atoms with E-state index in [4.69, 9.17) is 0 Å². The minimum Gasteiger partial charge on any atom is -0.598 e. The molecule has 1 saturated heterocycles. The van der Waals surface area contributed by atoms with Gasteiger partial charge in [0.1, 0.15) is 37.8 Å². The van der Waals surface area contributed by atoms with Crippen molar-refractivity contribution in [2.45, 2.75) is 94.5 Å². The normalized spacial score (nSPS) is 25.8. The summed E-state index contributed by atoms with van der Waals surface area (Å²) in [6.45, 7) is 12.3. The van der Waals surface area contributed by atoms with Crippen molar-refractivity contribution in [2.24, 2.45) is 0 Å². The number of hydrogen-bond donors (Lipinski definition) is 3. The first-order valence-electron chi connectivity index (χ1n) is 12.4. The van der Waals surface area contributed by atoms with Gasteiger partial charge in [0.2, 0.25) is 0 Å². The second-order valence-electron chi connectivity index (χ2n) is 10.9. The van der Waals surface area contributed by atoms with Crippen molar-refractivity contribution in [1.82, 2.24) is 14.4 Å². The SMILES string of the molecule is CC[Si](CC)(CC)c1cc(Br)nc(C(CF)(C[S@@]2(O)NCCC[C@]2(C)C#N)N[S@+]([O-])C(C)(C)C)c1F. The van der Waals surface area contributed by atoms with Gasteiger partial charge in [-0.2, -0.15) is 5.26 Å². The van der Waals surface area contributed by atoms with Crippen molar-refractivity contribution in [3.05, 3.63) is 22.2 Å². The van der Waals surface area contributed by atoms with E-state index in [0.29, 0.717) is 29.2 Å². The Morgan fingerprint density at radius 1 is 1.36 bits per heavy atom. The first-order valence-corrected chi connectivity index (χ1v) is 18.8. The molecule has 1 unspecified atom stereocenters. The predicted molar refractivity (Wildman–Crippen MR) is 154 cm³/mol. The van der Waals surface area contributed by atoms with E-state index in [1.165, 1.54) is 0 Å². The molecule has 0 radical (unpaired) electrons. The molecule has 1 aromatic rings. The molecular formula is C24H41BrF2N4O2S2Si. The number of aromatic nitrogens is 1. The zero-order valence-electron chi connectivity index (χ0n) is 22.4. The van der Waals surface area contributed by atoms with Crippen LogP contribution in [0.4, 0.5) is 8.78 Å². The molecule has 0 bridgehead atoms. The molecule has 2 heterocycles. The zero-order valence-corrected chi connectivity index (χ0v) is 26.7. The molecule has 206 valence electrons. The molecule has 0 aliphatic carbocycles. The Morgan fingerprint density at radius 2 is 1.94 bits per heavy atom. The van der Waals surface area contributed by atoms with Crippen molar-refractivity contribution in [1.29, 1.82) is 5.26 Å². The van der Waals surface area contributed by atoms with Crippen LogP contribution >= 0.6 is 26.4 Å². The molecule has 12 heteroatoms. The van der Waals surface area contributed by atoms with Crippen molar-refractivity contribution in [2.75, 3.05) is 19.0 Å². The Morgan fingerprint density at radius 3 is 2.42 bits per heavy atom. The maximum atomic E-state index is 16.6. The molecule has 6 nitrogen and oxygen atoms in total. The van der Waals surface area contributed by atoms with Crippen LogP contribution in [-0.4, -0.2) is 50.6 Å². The third-order valence-corrected chi connectivity index (χ3v) is 18.7. The molecule has 0 spiro atoms. The second kappa shape index (κ2) is 11.9. The number of nitrogens with one attached hydrogen (secondary N) is 2. The van der Waals surface area contributed by atoms with Gasteiger partial charge in [-0.25, -0.2) is 13.8 Å². The number of pyridine rings is 1. The Bertz CT molecular complexity index is 970. The molecule has 1 aliphatic heterocycles. The van der Waals surface area contributed by atoms with Crippen LogP contribution < -0.4 is 14.6 Å². The fourth-order valence-corrected chi connectivity index (χ4v) is 12.9. The fourth-order valence-electron chi connectivity index (χ4n) is 4.82. The van der Waals surface area contributed by atoms with Crippen LogP contribution in [0.1, 0.15) is 67.0 Å². The molecule has 1 fully saturated rings. The maximum Gasteiger partial charge on any atom is 0.147 e. The van der Waals surface area contributed by atoms with E-state index in [1.807, 2.05) is 0 Å². The Labute approximate surface area is 229 Å². The van der Waals surface area contributed by atoms with E-state index < -0.39 is 57.5 Å². The minimum absolute atomic E-state index is 0.201. The van der Waals surface area contributed by atoms with Crippen molar-refractivity contribution < 1.29 is 17.9 Å². The molecule has 0 saturated carbocycles. The third-order valence-electron chi connectivity index (χ3n) is 7.66. The van der Waals surface area contributed by atoms with Crippen LogP contribution in [0.2, 0.25) is 18.1 Å². The molecule has 1 aliphatic rings. The molecule has 0 amide bonds. The monoisotopic (exact) mass is 626 g/mol. The summed E-state index contributed by atoms with van der Waals surface area (Å²) in [5.41, 5.74) is -2.12. The van der Waals surface area contributed by atoms with Crippen LogP contribution in [0.3, 0.4) is 0 Å². The first-order chi connectivity index (χ1) is 16.6. The highest BCUT2D eigenvalue weighted by molar-refractivity contribution is 9.10. The molecular weight excluding hydrogens is 586 g/mol. The Kier molecular flexibility index (Phi) is 10.5. The highest BCUT2D eigenvalue weighted by Gasteiger charge is 2.55. The van der Waals surface area contributed by atoms with Gasteiger partial charge in [0.25, 0.3) is 0 Å². The molecule has 2 rings (SSSR count). The van der Waals surface area contributed by atoms with Gasteiger partial charge in [0, 0.05) is 23.7 Å². The number of rotatable bonds is 10. The quantitative estimate of drug-likeness (QED) is 0.173. The third kappa shape index (κ3) is 5.98. The second-order valence-corrected chi connectivity index (χ2v) is 21.8. The zero-order chi connectivity index (χ0) is 27.6. The number of halogens is 3. The first kappa shape index (κ1) is 32.0. The van der Waals surface area contributed by atoms with E-state index in [1.54, 1.807) is 33.8 Å². The predicted octanol–water partition coefficient (Wildman–Crippen LogP) is 5.77. The average Bonchev–Trinajstić information content (AvgIpc) is 2.83. The smallest absolute Gasteiger partial charge is 0.147 e. The molecule has 1 aromatic heterocycles. The van der Waals surface area contributed by atoms with E-state index >= 15 is 8.78 Å². The lowest BCUT2D eigenvalue weighted by Crippen LogP contribution is -2.60. The molecule has 36 heavy (non-hydrogen) atoms. The van der Waals surface area contributed by atoms with Gasteiger partial charge in [0.15, 0.2) is 0 Å². The lowest BCUT2D eigenvalue weighted by Gasteiger charge is -2.52. The van der Waals surface area contributed by atoms with Crippen LogP contribution in [0.15, 0.2) is 10.7 Å². The van der Waals surface area contributed by atoms with Gasteiger partial charge in [-0.15, -0.1) is 4.72 Å². The van der Waals surface area contributed by atoms with E-state index in [-0.39, 0.29) is 11.4 Å². The highest BCUT2D eigenvalue weighted by Crippen LogP contribution is 2.59. The number of alkyl halides is 1. The van der Waals surface area contributed by atoms with Gasteiger partial charge in [0.05, 0.1) is 14.1 Å². The van der Waals surface area contributed by atoms with Crippen molar-refractivity contribution in [3.8, 4) is 6.07 Å². The maximum absolute atomic E-state index is 16.6. The number of hydrogen-bond acceptors (Lipinski definition) is 6. The van der Waals surface area contributed by atoms with Crippen molar-refractivity contribution in [3.63, 3.8) is 0 Å². The van der Waals surface area contributed by atoms with E-state index in [0.717, 1.165) is 18.1 Å². The van der Waals surface area contributed by atoms with Crippen LogP contribution in [0, 0.1) is 17.1 Å². The number of nitrogens with zero attached hydrogens (tertiary/aromatic N) is 2. The molecule has 4 atom stereocenters. The van der Waals surface area contributed by atoms with Gasteiger partial charge in [-0.1, -0.05) is 49.4 Å². The summed E-state index contributed by atoms with van der Waals surface area (Å²) < 4.78 is 61.5. The van der Waals surface area contributed by atoms with Crippen molar-refractivity contribution >= 4 is 51.0 Å². The summed E-state index contributed by atoms with van der Waals surface area (Å²) in [6.07, 6.45) is 1.10. The highest BCUT2D eigenvalue weighted by atomic mass is 79.9. The van der Waals surface area contributed by atoms with Crippen LogP contribution in [0.25, 0.3) is 0 Å². The Balaban J connectivity index is 2.86. The standard InChI is InChI=1S/C24H41BrF2N4O2S2Si/c1-8-36(9-2,10-3)18-14-19(25)30-21(20(18)27)24(15-26,31-34(32)22(4,5)6)17-35(33)23(7,16-28)12-11-13-29-35/h14,29,31,33H,8-13,15,17H2,1-7H3/t23-,24?,34-/m1/s1. The lowest BCUT2D eigenvalue weighted by atomic mass is 9.99. The van der Waals surface area contributed by atoms with Gasteiger partial charge < -0.3 is 9.11 Å². The Hall–Kier alpha value is -0.263. The van der Waals surface area contributed by atoms with Crippen LogP contribution in [-0.2, 0) is 16.9 Å². The van der Waals surface area contributed by atoms with Gasteiger partial charge in [-0.3, -0.25) is 4.72 Å². The van der Waals surface area contributed by atoms with Gasteiger partial charge in [-0.05, 0) is 67.7 Å². The summed E-state index contributed by atoms with van der Waals surface area (Å²) in [7, 11) is -5.26. The average molecular weight is 628 g/mol. The van der Waals surface area contributed by atoms with Crippen LogP contribution in [0.5, 0.6) is 0 Å².